The highest BCUT2D eigenvalue weighted by molar-refractivity contribution is 6.06. The first-order chi connectivity index (χ1) is 16.6. The van der Waals surface area contributed by atoms with Gasteiger partial charge in [-0.05, 0) is 48.0 Å². The summed E-state index contributed by atoms with van der Waals surface area (Å²) in [6.07, 6.45) is 0. The standard InChI is InChI=1S/C26H24N6O2/c1-17-12-14-19(15-13-17)16-34-22-11-7-6-10-21(22)24-23(18(2)27-26-29-30-31-32(24)26)25(33)28-20-8-4-3-5-9-20/h3-15,24H,16H2,1-2H3,(H,28,33)(H,27,29,31). The van der Waals surface area contributed by atoms with E-state index in [1.54, 1.807) is 4.68 Å². The summed E-state index contributed by atoms with van der Waals surface area (Å²) in [6.45, 7) is 4.30. The molecule has 1 amide bonds. The van der Waals surface area contributed by atoms with Gasteiger partial charge in [0.05, 0.1) is 5.57 Å². The van der Waals surface area contributed by atoms with Gasteiger partial charge in [0, 0.05) is 16.9 Å². The van der Waals surface area contributed by atoms with Gasteiger partial charge in [-0.3, -0.25) is 4.79 Å². The fraction of sp³-hybridized carbons (Fsp3) is 0.154. The number of rotatable bonds is 6. The predicted molar refractivity (Wildman–Crippen MR) is 129 cm³/mol. The molecule has 170 valence electrons. The van der Waals surface area contributed by atoms with Crippen LogP contribution in [0.4, 0.5) is 11.6 Å². The van der Waals surface area contributed by atoms with E-state index in [1.807, 2.05) is 73.7 Å². The number of fused-ring (bicyclic) bond motifs is 1. The molecule has 1 atom stereocenters. The molecule has 8 heteroatoms. The van der Waals surface area contributed by atoms with Crippen LogP contribution in [0.3, 0.4) is 0 Å². The number of aromatic nitrogens is 4. The van der Waals surface area contributed by atoms with Crippen LogP contribution >= 0.6 is 0 Å². The average molecular weight is 453 g/mol. The molecule has 0 bridgehead atoms. The predicted octanol–water partition coefficient (Wildman–Crippen LogP) is 4.49. The van der Waals surface area contributed by atoms with E-state index in [1.165, 1.54) is 5.56 Å². The van der Waals surface area contributed by atoms with E-state index < -0.39 is 6.04 Å². The summed E-state index contributed by atoms with van der Waals surface area (Å²) in [4.78, 5) is 13.5. The second-order valence-corrected chi connectivity index (χ2v) is 8.15. The van der Waals surface area contributed by atoms with Crippen LogP contribution in [0.1, 0.15) is 29.7 Å². The van der Waals surface area contributed by atoms with Crippen LogP contribution < -0.4 is 15.4 Å². The first-order valence-corrected chi connectivity index (χ1v) is 11.0. The van der Waals surface area contributed by atoms with Gasteiger partial charge in [-0.1, -0.05) is 71.3 Å². The van der Waals surface area contributed by atoms with E-state index >= 15 is 0 Å². The highest BCUT2D eigenvalue weighted by Crippen LogP contribution is 2.39. The Labute approximate surface area is 197 Å². The lowest BCUT2D eigenvalue weighted by Gasteiger charge is -2.29. The third kappa shape index (κ3) is 4.25. The molecule has 2 heterocycles. The van der Waals surface area contributed by atoms with Gasteiger partial charge in [-0.2, -0.15) is 4.68 Å². The monoisotopic (exact) mass is 452 g/mol. The number of nitrogens with one attached hydrogen (secondary N) is 2. The van der Waals surface area contributed by atoms with Crippen molar-refractivity contribution >= 4 is 17.5 Å². The minimum atomic E-state index is -0.566. The van der Waals surface area contributed by atoms with Crippen molar-refractivity contribution < 1.29 is 9.53 Å². The van der Waals surface area contributed by atoms with E-state index in [0.29, 0.717) is 35.3 Å². The van der Waals surface area contributed by atoms with Gasteiger partial charge < -0.3 is 15.4 Å². The molecule has 5 rings (SSSR count). The van der Waals surface area contributed by atoms with Crippen molar-refractivity contribution in [1.82, 2.24) is 20.2 Å². The zero-order valence-corrected chi connectivity index (χ0v) is 18.9. The van der Waals surface area contributed by atoms with Crippen molar-refractivity contribution in [2.45, 2.75) is 26.5 Å². The van der Waals surface area contributed by atoms with E-state index in [-0.39, 0.29) is 5.91 Å². The molecule has 0 spiro atoms. The normalized spacial score (nSPS) is 14.8. The molecule has 3 aromatic carbocycles. The number of hydrogen-bond donors (Lipinski definition) is 2. The molecule has 8 nitrogen and oxygen atoms in total. The smallest absolute Gasteiger partial charge is 0.255 e. The molecule has 2 N–H and O–H groups in total. The molecule has 1 aliphatic heterocycles. The van der Waals surface area contributed by atoms with Crippen LogP contribution in [0.2, 0.25) is 0 Å². The van der Waals surface area contributed by atoms with Crippen LogP contribution in [0.25, 0.3) is 0 Å². The number of carbonyl (C=O) groups is 1. The molecule has 0 fully saturated rings. The first kappa shape index (κ1) is 21.4. The summed E-state index contributed by atoms with van der Waals surface area (Å²) < 4.78 is 7.84. The van der Waals surface area contributed by atoms with Crippen LogP contribution in [-0.4, -0.2) is 26.1 Å². The van der Waals surface area contributed by atoms with Crippen LogP contribution in [0, 0.1) is 6.92 Å². The Hall–Kier alpha value is -4.46. The highest BCUT2D eigenvalue weighted by Gasteiger charge is 2.35. The number of nitrogens with zero attached hydrogens (tertiary/aromatic N) is 4. The van der Waals surface area contributed by atoms with Crippen LogP contribution in [0.5, 0.6) is 5.75 Å². The summed E-state index contributed by atoms with van der Waals surface area (Å²) in [6, 6.07) is 24.7. The average Bonchev–Trinajstić information content (AvgIpc) is 3.32. The van der Waals surface area contributed by atoms with Gasteiger partial charge in [0.15, 0.2) is 0 Å². The lowest BCUT2D eigenvalue weighted by Crippen LogP contribution is -2.31. The number of ether oxygens (including phenoxy) is 1. The number of tetrazole rings is 1. The Kier molecular flexibility index (Phi) is 5.78. The molecule has 1 aromatic heterocycles. The topological polar surface area (TPSA) is 94.0 Å². The molecule has 1 aliphatic rings. The summed E-state index contributed by atoms with van der Waals surface area (Å²) in [5.41, 5.74) is 4.94. The van der Waals surface area contributed by atoms with E-state index in [4.69, 9.17) is 4.74 Å². The van der Waals surface area contributed by atoms with Crippen molar-refractivity contribution in [3.05, 3.63) is 107 Å². The molecular formula is C26H24N6O2. The number of para-hydroxylation sites is 2. The van der Waals surface area contributed by atoms with Crippen LogP contribution in [0.15, 0.2) is 90.1 Å². The summed E-state index contributed by atoms with van der Waals surface area (Å²) in [7, 11) is 0. The van der Waals surface area contributed by atoms with E-state index in [2.05, 4.69) is 45.2 Å². The Balaban J connectivity index is 1.51. The lowest BCUT2D eigenvalue weighted by atomic mass is 9.94. The van der Waals surface area contributed by atoms with Gasteiger partial charge >= 0.3 is 0 Å². The first-order valence-electron chi connectivity index (χ1n) is 11.0. The number of anilines is 2. The van der Waals surface area contributed by atoms with E-state index in [9.17, 15) is 4.79 Å². The maximum Gasteiger partial charge on any atom is 0.255 e. The molecule has 0 radical (unpaired) electrons. The number of allylic oxidation sites excluding steroid dienone is 1. The third-order valence-corrected chi connectivity index (χ3v) is 5.72. The van der Waals surface area contributed by atoms with Crippen molar-refractivity contribution in [3.8, 4) is 5.75 Å². The minimum absolute atomic E-state index is 0.240. The van der Waals surface area contributed by atoms with Crippen molar-refractivity contribution in [3.63, 3.8) is 0 Å². The van der Waals surface area contributed by atoms with E-state index in [0.717, 1.165) is 11.1 Å². The van der Waals surface area contributed by atoms with Gasteiger partial charge in [0.25, 0.3) is 5.91 Å². The van der Waals surface area contributed by atoms with Gasteiger partial charge in [-0.15, -0.1) is 0 Å². The zero-order valence-electron chi connectivity index (χ0n) is 18.9. The number of benzene rings is 3. The van der Waals surface area contributed by atoms with Crippen molar-refractivity contribution in [1.29, 1.82) is 0 Å². The fourth-order valence-electron chi connectivity index (χ4n) is 4.00. The Bertz CT molecular complexity index is 1350. The Morgan fingerprint density at radius 3 is 2.53 bits per heavy atom. The quantitative estimate of drug-likeness (QED) is 0.448. The summed E-state index contributed by atoms with van der Waals surface area (Å²) in [5.74, 6) is 0.886. The zero-order chi connectivity index (χ0) is 23.5. The minimum Gasteiger partial charge on any atom is -0.489 e. The number of amides is 1. The number of aryl methyl sites for hydroxylation is 1. The van der Waals surface area contributed by atoms with Gasteiger partial charge in [-0.25, -0.2) is 0 Å². The largest absolute Gasteiger partial charge is 0.489 e. The summed E-state index contributed by atoms with van der Waals surface area (Å²) >= 11 is 0. The molecule has 1 unspecified atom stereocenters. The third-order valence-electron chi connectivity index (χ3n) is 5.72. The summed E-state index contributed by atoms with van der Waals surface area (Å²) in [5, 5.41) is 18.2. The van der Waals surface area contributed by atoms with Gasteiger partial charge in [0.1, 0.15) is 18.4 Å². The maximum absolute atomic E-state index is 13.5. The fourth-order valence-corrected chi connectivity index (χ4v) is 4.00. The van der Waals surface area contributed by atoms with Gasteiger partial charge in [0.2, 0.25) is 5.95 Å². The van der Waals surface area contributed by atoms with Crippen molar-refractivity contribution in [2.75, 3.05) is 10.6 Å². The van der Waals surface area contributed by atoms with Crippen LogP contribution in [-0.2, 0) is 11.4 Å². The maximum atomic E-state index is 13.5. The molecule has 4 aromatic rings. The molecule has 0 saturated heterocycles. The number of hydrogen-bond acceptors (Lipinski definition) is 6. The Morgan fingerprint density at radius 2 is 1.74 bits per heavy atom. The molecule has 0 aliphatic carbocycles. The molecule has 34 heavy (non-hydrogen) atoms. The SMILES string of the molecule is CC1=C(C(=O)Nc2ccccc2)C(c2ccccc2OCc2ccc(C)cc2)n2nnnc2N1. The lowest BCUT2D eigenvalue weighted by molar-refractivity contribution is -0.113. The molecular weight excluding hydrogens is 428 g/mol. The van der Waals surface area contributed by atoms with Crippen molar-refractivity contribution in [2.24, 2.45) is 0 Å². The molecule has 0 saturated carbocycles. The Morgan fingerprint density at radius 1 is 1.00 bits per heavy atom. The highest BCUT2D eigenvalue weighted by atomic mass is 16.5. The second-order valence-electron chi connectivity index (χ2n) is 8.15. The second kappa shape index (κ2) is 9.19. The number of carbonyl (C=O) groups excluding carboxylic acids is 1.